The van der Waals surface area contributed by atoms with Crippen LogP contribution in [0.25, 0.3) is 0 Å². The molecule has 0 aliphatic carbocycles. The van der Waals surface area contributed by atoms with Crippen molar-refractivity contribution >= 4 is 29.7 Å². The molecule has 0 aliphatic rings. The lowest BCUT2D eigenvalue weighted by atomic mass is 10.1. The normalized spacial score (nSPS) is 11.4. The van der Waals surface area contributed by atoms with Crippen LogP contribution >= 0.6 is 11.6 Å². The summed E-state index contributed by atoms with van der Waals surface area (Å²) in [5.41, 5.74) is 1.85. The first-order valence-electron chi connectivity index (χ1n) is 8.81. The maximum Gasteiger partial charge on any atom is 0.416 e. The quantitative estimate of drug-likeness (QED) is 0.249. The van der Waals surface area contributed by atoms with Gasteiger partial charge in [-0.1, -0.05) is 29.8 Å². The smallest absolute Gasteiger partial charge is 0.416 e. The molecule has 0 aromatic heterocycles. The SMILES string of the molecule is O=C(NN=Cc1cccc(OC(=O)c2ccc(Cl)cc2)c1)c1cccc(C(F)(F)F)c1. The standard InChI is InChI=1S/C22H14ClF3N2O3/c23-18-9-7-15(8-10-18)21(30)31-19-6-1-3-14(11-19)13-27-28-20(29)16-4-2-5-17(12-16)22(24,25)26/h1-13H,(H,28,29). The number of halogens is 4. The van der Waals surface area contributed by atoms with E-state index < -0.39 is 23.6 Å². The van der Waals surface area contributed by atoms with Gasteiger partial charge in [-0.2, -0.15) is 18.3 Å². The molecule has 0 saturated carbocycles. The lowest BCUT2D eigenvalue weighted by Crippen LogP contribution is -2.18. The maximum atomic E-state index is 12.8. The van der Waals surface area contributed by atoms with E-state index in [1.54, 1.807) is 30.3 Å². The minimum absolute atomic E-state index is 0.183. The molecule has 3 aromatic rings. The van der Waals surface area contributed by atoms with E-state index >= 15 is 0 Å². The number of hydrogen-bond acceptors (Lipinski definition) is 4. The minimum atomic E-state index is -4.55. The van der Waals surface area contributed by atoms with Gasteiger partial charge in [-0.25, -0.2) is 10.2 Å². The number of carbonyl (C=O) groups is 2. The number of nitrogens with zero attached hydrogens (tertiary/aromatic N) is 1. The first kappa shape index (κ1) is 22.0. The van der Waals surface area contributed by atoms with Crippen molar-refractivity contribution < 1.29 is 27.5 Å². The third kappa shape index (κ3) is 6.16. The van der Waals surface area contributed by atoms with Crippen LogP contribution < -0.4 is 10.2 Å². The molecule has 158 valence electrons. The number of esters is 1. The number of ether oxygens (including phenoxy) is 1. The number of hydrazone groups is 1. The summed E-state index contributed by atoms with van der Waals surface area (Å²) in [6.45, 7) is 0. The Morgan fingerprint density at radius 3 is 2.35 bits per heavy atom. The van der Waals surface area contributed by atoms with Crippen molar-refractivity contribution in [2.24, 2.45) is 5.10 Å². The maximum absolute atomic E-state index is 12.8. The Kier molecular flexibility index (Phi) is 6.71. The molecule has 5 nitrogen and oxygen atoms in total. The summed E-state index contributed by atoms with van der Waals surface area (Å²) in [7, 11) is 0. The number of hydrogen-bond donors (Lipinski definition) is 1. The Hall–Kier alpha value is -3.65. The van der Waals surface area contributed by atoms with E-state index in [9.17, 15) is 22.8 Å². The molecule has 31 heavy (non-hydrogen) atoms. The van der Waals surface area contributed by atoms with Gasteiger partial charge in [0.05, 0.1) is 17.3 Å². The van der Waals surface area contributed by atoms with E-state index in [2.05, 4.69) is 10.5 Å². The third-order valence-corrected chi connectivity index (χ3v) is 4.23. The number of carbonyl (C=O) groups excluding carboxylic acids is 2. The molecular weight excluding hydrogens is 433 g/mol. The van der Waals surface area contributed by atoms with Gasteiger partial charge < -0.3 is 4.74 Å². The molecule has 1 amide bonds. The van der Waals surface area contributed by atoms with Gasteiger partial charge >= 0.3 is 12.1 Å². The Balaban J connectivity index is 1.63. The van der Waals surface area contributed by atoms with Crippen molar-refractivity contribution in [2.45, 2.75) is 6.18 Å². The molecule has 0 unspecified atom stereocenters. The average molecular weight is 447 g/mol. The zero-order chi connectivity index (χ0) is 22.4. The van der Waals surface area contributed by atoms with Crippen LogP contribution in [0.5, 0.6) is 5.75 Å². The number of alkyl halides is 3. The van der Waals surface area contributed by atoms with Gasteiger partial charge in [-0.3, -0.25) is 4.79 Å². The number of nitrogens with one attached hydrogen (secondary N) is 1. The van der Waals surface area contributed by atoms with Gasteiger partial charge in [0, 0.05) is 10.6 Å². The lowest BCUT2D eigenvalue weighted by molar-refractivity contribution is -0.137. The molecular formula is C22H14ClF3N2O3. The Morgan fingerprint density at radius 1 is 0.935 bits per heavy atom. The fraction of sp³-hybridized carbons (Fsp3) is 0.0455. The van der Waals surface area contributed by atoms with Crippen LogP contribution in [0, 0.1) is 0 Å². The predicted octanol–water partition coefficient (Wildman–Crippen LogP) is 5.34. The molecule has 0 spiro atoms. The number of benzene rings is 3. The van der Waals surface area contributed by atoms with Crippen molar-refractivity contribution in [1.29, 1.82) is 0 Å². The van der Waals surface area contributed by atoms with E-state index in [1.807, 2.05) is 0 Å². The van der Waals surface area contributed by atoms with Crippen LogP contribution in [0.15, 0.2) is 77.9 Å². The van der Waals surface area contributed by atoms with Crippen LogP contribution in [0.1, 0.15) is 31.8 Å². The molecule has 0 aliphatic heterocycles. The topological polar surface area (TPSA) is 67.8 Å². The van der Waals surface area contributed by atoms with Gasteiger partial charge in [0.15, 0.2) is 0 Å². The monoisotopic (exact) mass is 446 g/mol. The molecule has 1 N–H and O–H groups in total. The molecule has 0 heterocycles. The highest BCUT2D eigenvalue weighted by molar-refractivity contribution is 6.30. The van der Waals surface area contributed by atoms with Crippen molar-refractivity contribution in [3.63, 3.8) is 0 Å². The highest BCUT2D eigenvalue weighted by Gasteiger charge is 2.30. The highest BCUT2D eigenvalue weighted by Crippen LogP contribution is 2.29. The van der Waals surface area contributed by atoms with Crippen molar-refractivity contribution in [3.8, 4) is 5.75 Å². The first-order valence-corrected chi connectivity index (χ1v) is 9.18. The zero-order valence-corrected chi connectivity index (χ0v) is 16.4. The van der Waals surface area contributed by atoms with E-state index in [4.69, 9.17) is 16.3 Å². The van der Waals surface area contributed by atoms with Crippen molar-refractivity contribution in [2.75, 3.05) is 0 Å². The average Bonchev–Trinajstić information content (AvgIpc) is 2.74. The Morgan fingerprint density at radius 2 is 1.65 bits per heavy atom. The van der Waals surface area contributed by atoms with E-state index in [0.29, 0.717) is 16.1 Å². The van der Waals surface area contributed by atoms with E-state index in [1.165, 1.54) is 30.5 Å². The van der Waals surface area contributed by atoms with Crippen LogP contribution in [0.3, 0.4) is 0 Å². The second-order valence-corrected chi connectivity index (χ2v) is 6.68. The molecule has 3 aromatic carbocycles. The van der Waals surface area contributed by atoms with Gasteiger partial charge in [0.2, 0.25) is 0 Å². The summed E-state index contributed by atoms with van der Waals surface area (Å²) >= 11 is 5.79. The fourth-order valence-corrected chi connectivity index (χ4v) is 2.60. The van der Waals surface area contributed by atoms with E-state index in [-0.39, 0.29) is 11.3 Å². The lowest BCUT2D eigenvalue weighted by Gasteiger charge is -2.07. The summed E-state index contributed by atoms with van der Waals surface area (Å²) in [5.74, 6) is -1.13. The van der Waals surface area contributed by atoms with Gasteiger partial charge in [0.1, 0.15) is 5.75 Å². The van der Waals surface area contributed by atoms with Crippen LogP contribution in [0.2, 0.25) is 5.02 Å². The molecule has 0 saturated heterocycles. The summed E-state index contributed by atoms with van der Waals surface area (Å²) in [6.07, 6.45) is -3.28. The molecule has 3 rings (SSSR count). The zero-order valence-electron chi connectivity index (χ0n) is 15.7. The predicted molar refractivity (Wildman–Crippen MR) is 109 cm³/mol. The molecule has 0 atom stereocenters. The first-order chi connectivity index (χ1) is 14.7. The second-order valence-electron chi connectivity index (χ2n) is 6.25. The van der Waals surface area contributed by atoms with Gasteiger partial charge in [-0.05, 0) is 60.2 Å². The molecule has 0 bridgehead atoms. The summed E-state index contributed by atoms with van der Waals surface area (Å²) < 4.78 is 43.6. The largest absolute Gasteiger partial charge is 0.423 e. The van der Waals surface area contributed by atoms with E-state index in [0.717, 1.165) is 18.2 Å². The Labute approximate surface area is 180 Å². The second kappa shape index (κ2) is 9.44. The molecule has 0 fully saturated rings. The highest BCUT2D eigenvalue weighted by atomic mass is 35.5. The Bertz CT molecular complexity index is 1130. The molecule has 0 radical (unpaired) electrons. The summed E-state index contributed by atoms with van der Waals surface area (Å²) in [6, 6.07) is 16.5. The van der Waals surface area contributed by atoms with Crippen LogP contribution in [-0.4, -0.2) is 18.1 Å². The number of amides is 1. The van der Waals surface area contributed by atoms with Crippen molar-refractivity contribution in [3.05, 3.63) is 100 Å². The fourth-order valence-electron chi connectivity index (χ4n) is 2.48. The summed E-state index contributed by atoms with van der Waals surface area (Å²) in [5, 5.41) is 4.22. The molecule has 9 heteroatoms. The van der Waals surface area contributed by atoms with Gasteiger partial charge in [-0.15, -0.1) is 0 Å². The van der Waals surface area contributed by atoms with Crippen LogP contribution in [0.4, 0.5) is 13.2 Å². The van der Waals surface area contributed by atoms with Crippen molar-refractivity contribution in [1.82, 2.24) is 5.43 Å². The summed E-state index contributed by atoms with van der Waals surface area (Å²) in [4.78, 5) is 24.2. The number of rotatable bonds is 5. The minimum Gasteiger partial charge on any atom is -0.423 e. The van der Waals surface area contributed by atoms with Crippen LogP contribution in [-0.2, 0) is 6.18 Å². The van der Waals surface area contributed by atoms with Gasteiger partial charge in [0.25, 0.3) is 5.91 Å². The third-order valence-electron chi connectivity index (χ3n) is 3.98.